The van der Waals surface area contributed by atoms with Crippen molar-refractivity contribution in [3.63, 3.8) is 0 Å². The standard InChI is InChI=1S/C8H17N3O3/c9-4-7(12)5(10)2-1-3-6(11)8(13)14/h5-6H,1-4,9-11H2,(H,13,14)/t5?,6-/m0/s1. The van der Waals surface area contributed by atoms with E-state index in [0.29, 0.717) is 19.3 Å². The fraction of sp³-hybridized carbons (Fsp3) is 0.750. The van der Waals surface area contributed by atoms with Crippen LogP contribution in [0.3, 0.4) is 0 Å². The molecule has 6 nitrogen and oxygen atoms in total. The Hall–Kier alpha value is -0.980. The third kappa shape index (κ3) is 4.90. The first-order valence-electron chi connectivity index (χ1n) is 4.45. The molecular weight excluding hydrogens is 186 g/mol. The van der Waals surface area contributed by atoms with Crippen molar-refractivity contribution < 1.29 is 14.7 Å². The van der Waals surface area contributed by atoms with E-state index in [1.165, 1.54) is 0 Å². The number of carboxylic acids is 1. The van der Waals surface area contributed by atoms with E-state index in [4.69, 9.17) is 22.3 Å². The van der Waals surface area contributed by atoms with Gasteiger partial charge in [-0.15, -0.1) is 0 Å². The number of hydrogen-bond acceptors (Lipinski definition) is 5. The van der Waals surface area contributed by atoms with Crippen molar-refractivity contribution in [2.24, 2.45) is 17.2 Å². The Morgan fingerprint density at radius 2 is 1.64 bits per heavy atom. The van der Waals surface area contributed by atoms with Crippen LogP contribution in [0.4, 0.5) is 0 Å². The molecule has 0 bridgehead atoms. The van der Waals surface area contributed by atoms with Crippen LogP contribution in [-0.2, 0) is 9.59 Å². The van der Waals surface area contributed by atoms with E-state index in [1.54, 1.807) is 0 Å². The lowest BCUT2D eigenvalue weighted by atomic mass is 10.0. The van der Waals surface area contributed by atoms with Gasteiger partial charge in [-0.25, -0.2) is 0 Å². The van der Waals surface area contributed by atoms with Crippen LogP contribution in [0.2, 0.25) is 0 Å². The molecule has 0 fully saturated rings. The van der Waals surface area contributed by atoms with Crippen LogP contribution in [0, 0.1) is 0 Å². The molecule has 0 aromatic heterocycles. The summed E-state index contributed by atoms with van der Waals surface area (Å²) in [6, 6.07) is -1.48. The summed E-state index contributed by atoms with van der Waals surface area (Å²) in [5.41, 5.74) is 15.8. The van der Waals surface area contributed by atoms with Crippen LogP contribution in [0.5, 0.6) is 0 Å². The Morgan fingerprint density at radius 1 is 1.14 bits per heavy atom. The minimum atomic E-state index is -1.04. The van der Waals surface area contributed by atoms with Gasteiger partial charge >= 0.3 is 5.97 Å². The number of rotatable bonds is 7. The molecule has 0 aliphatic rings. The van der Waals surface area contributed by atoms with Gasteiger partial charge in [0.15, 0.2) is 5.78 Å². The molecule has 0 rings (SSSR count). The molecule has 7 N–H and O–H groups in total. The van der Waals surface area contributed by atoms with Crippen LogP contribution < -0.4 is 17.2 Å². The number of ketones is 1. The van der Waals surface area contributed by atoms with E-state index in [0.717, 1.165) is 0 Å². The fourth-order valence-electron chi connectivity index (χ4n) is 0.994. The number of carboxylic acid groups (broad SMARTS) is 1. The molecule has 0 spiro atoms. The molecule has 0 radical (unpaired) electrons. The highest BCUT2D eigenvalue weighted by atomic mass is 16.4. The number of carbonyl (C=O) groups excluding carboxylic acids is 1. The first-order chi connectivity index (χ1) is 6.49. The van der Waals surface area contributed by atoms with Gasteiger partial charge < -0.3 is 22.3 Å². The van der Waals surface area contributed by atoms with Crippen LogP contribution >= 0.6 is 0 Å². The van der Waals surface area contributed by atoms with Crippen LogP contribution in [-0.4, -0.2) is 35.5 Å². The maximum atomic E-state index is 10.9. The SMILES string of the molecule is NCC(=O)C(N)CCC[C@H](N)C(=O)O. The Balaban J connectivity index is 3.64. The lowest BCUT2D eigenvalue weighted by Crippen LogP contribution is -2.36. The summed E-state index contributed by atoms with van der Waals surface area (Å²) in [6.07, 6.45) is 1.26. The third-order valence-corrected chi connectivity index (χ3v) is 1.96. The molecule has 0 aromatic carbocycles. The summed E-state index contributed by atoms with van der Waals surface area (Å²) < 4.78 is 0. The second-order valence-electron chi connectivity index (χ2n) is 3.15. The van der Waals surface area contributed by atoms with Gasteiger partial charge in [0.25, 0.3) is 0 Å². The van der Waals surface area contributed by atoms with Crippen molar-refractivity contribution in [1.82, 2.24) is 0 Å². The zero-order valence-corrected chi connectivity index (χ0v) is 7.98. The number of carbonyl (C=O) groups is 2. The first kappa shape index (κ1) is 13.0. The largest absolute Gasteiger partial charge is 0.480 e. The van der Waals surface area contributed by atoms with Crippen LogP contribution in [0.15, 0.2) is 0 Å². The summed E-state index contributed by atoms with van der Waals surface area (Å²) in [5, 5.41) is 8.46. The summed E-state index contributed by atoms with van der Waals surface area (Å²) in [5.74, 6) is -1.25. The Morgan fingerprint density at radius 3 is 2.07 bits per heavy atom. The van der Waals surface area contributed by atoms with Crippen molar-refractivity contribution in [3.8, 4) is 0 Å². The van der Waals surface area contributed by atoms with E-state index in [-0.39, 0.29) is 12.3 Å². The van der Waals surface area contributed by atoms with Gasteiger partial charge in [-0.3, -0.25) is 9.59 Å². The third-order valence-electron chi connectivity index (χ3n) is 1.96. The molecule has 0 amide bonds. The lowest BCUT2D eigenvalue weighted by molar-refractivity contribution is -0.138. The monoisotopic (exact) mass is 203 g/mol. The minimum absolute atomic E-state index is 0.0772. The van der Waals surface area contributed by atoms with E-state index in [9.17, 15) is 9.59 Å². The number of aliphatic carboxylic acids is 1. The van der Waals surface area contributed by atoms with Gasteiger partial charge in [-0.05, 0) is 19.3 Å². The summed E-state index contributed by atoms with van der Waals surface area (Å²) in [7, 11) is 0. The summed E-state index contributed by atoms with van der Waals surface area (Å²) >= 11 is 0. The smallest absolute Gasteiger partial charge is 0.320 e. The summed E-state index contributed by atoms with van der Waals surface area (Å²) in [6.45, 7) is -0.0772. The van der Waals surface area contributed by atoms with Crippen molar-refractivity contribution >= 4 is 11.8 Å². The number of nitrogens with two attached hydrogens (primary N) is 3. The van der Waals surface area contributed by atoms with Crippen LogP contribution in [0.1, 0.15) is 19.3 Å². The van der Waals surface area contributed by atoms with Gasteiger partial charge in [0, 0.05) is 0 Å². The highest BCUT2D eigenvalue weighted by Gasteiger charge is 2.14. The van der Waals surface area contributed by atoms with Crippen molar-refractivity contribution in [1.29, 1.82) is 0 Å². The normalized spacial score (nSPS) is 14.8. The van der Waals surface area contributed by atoms with E-state index in [1.807, 2.05) is 0 Å². The quantitative estimate of drug-likeness (QED) is 0.395. The minimum Gasteiger partial charge on any atom is -0.480 e. The molecule has 0 saturated carbocycles. The highest BCUT2D eigenvalue weighted by molar-refractivity contribution is 5.85. The van der Waals surface area contributed by atoms with Crippen molar-refractivity contribution in [2.45, 2.75) is 31.3 Å². The van der Waals surface area contributed by atoms with Crippen LogP contribution in [0.25, 0.3) is 0 Å². The van der Waals surface area contributed by atoms with Crippen molar-refractivity contribution in [3.05, 3.63) is 0 Å². The molecule has 82 valence electrons. The molecule has 14 heavy (non-hydrogen) atoms. The predicted molar refractivity (Wildman–Crippen MR) is 51.5 cm³/mol. The maximum Gasteiger partial charge on any atom is 0.320 e. The topological polar surface area (TPSA) is 132 Å². The Kier molecular flexibility index (Phi) is 6.02. The molecule has 0 aliphatic heterocycles. The Labute approximate surface area is 82.4 Å². The molecule has 1 unspecified atom stereocenters. The Bertz CT molecular complexity index is 208. The molecule has 0 saturated heterocycles. The van der Waals surface area contributed by atoms with E-state index >= 15 is 0 Å². The maximum absolute atomic E-state index is 10.9. The average molecular weight is 203 g/mol. The fourth-order valence-corrected chi connectivity index (χ4v) is 0.994. The summed E-state index contributed by atoms with van der Waals surface area (Å²) in [4.78, 5) is 21.2. The number of hydrogen-bond donors (Lipinski definition) is 4. The van der Waals surface area contributed by atoms with Gasteiger partial charge in [-0.2, -0.15) is 0 Å². The van der Waals surface area contributed by atoms with Crippen molar-refractivity contribution in [2.75, 3.05) is 6.54 Å². The zero-order valence-electron chi connectivity index (χ0n) is 7.98. The second-order valence-corrected chi connectivity index (χ2v) is 3.15. The number of Topliss-reactive ketones (excluding diaryl/α,β-unsaturated/α-hetero) is 1. The molecule has 0 heterocycles. The second kappa shape index (κ2) is 6.47. The molecule has 0 aromatic rings. The average Bonchev–Trinajstić information content (AvgIpc) is 2.15. The van der Waals surface area contributed by atoms with Gasteiger partial charge in [0.1, 0.15) is 6.04 Å². The molecule has 2 atom stereocenters. The first-order valence-corrected chi connectivity index (χ1v) is 4.45. The van der Waals surface area contributed by atoms with Gasteiger partial charge in [0.2, 0.25) is 0 Å². The molecule has 6 heteroatoms. The highest BCUT2D eigenvalue weighted by Crippen LogP contribution is 2.02. The molecular formula is C8H17N3O3. The van der Waals surface area contributed by atoms with E-state index in [2.05, 4.69) is 0 Å². The zero-order chi connectivity index (χ0) is 11.1. The lowest BCUT2D eigenvalue weighted by Gasteiger charge is -2.10. The van der Waals surface area contributed by atoms with Gasteiger partial charge in [-0.1, -0.05) is 0 Å². The van der Waals surface area contributed by atoms with Gasteiger partial charge in [0.05, 0.1) is 12.6 Å². The predicted octanol–water partition coefficient (Wildman–Crippen LogP) is -1.58. The van der Waals surface area contributed by atoms with E-state index < -0.39 is 18.1 Å². The molecule has 0 aliphatic carbocycles.